The minimum atomic E-state index is -0.269. The van der Waals surface area contributed by atoms with E-state index < -0.39 is 0 Å². The van der Waals surface area contributed by atoms with Crippen molar-refractivity contribution in [2.24, 2.45) is 5.92 Å². The van der Waals surface area contributed by atoms with E-state index in [1.165, 1.54) is 31.4 Å². The van der Waals surface area contributed by atoms with Crippen LogP contribution in [0.5, 0.6) is 0 Å². The third kappa shape index (κ3) is 4.53. The van der Waals surface area contributed by atoms with E-state index in [1.807, 2.05) is 4.90 Å². The molecule has 1 aromatic heterocycles. The number of aromatic nitrogens is 3. The number of nitrogens with zero attached hydrogens (tertiary/aromatic N) is 4. The molecule has 0 spiro atoms. The Hall–Kier alpha value is -2.28. The highest BCUT2D eigenvalue weighted by atomic mass is 19.1. The van der Waals surface area contributed by atoms with Gasteiger partial charge in [0.2, 0.25) is 0 Å². The second-order valence-electron chi connectivity index (χ2n) is 7.57. The van der Waals surface area contributed by atoms with Crippen molar-refractivity contribution in [2.45, 2.75) is 44.8 Å². The molecule has 2 heterocycles. The summed E-state index contributed by atoms with van der Waals surface area (Å²) < 4.78 is 20.4. The van der Waals surface area contributed by atoms with Crippen LogP contribution in [0.25, 0.3) is 0 Å². The molecule has 144 valence electrons. The summed E-state index contributed by atoms with van der Waals surface area (Å²) in [6.07, 6.45) is 7.49. The molecule has 1 atom stereocenters. The van der Waals surface area contributed by atoms with Crippen molar-refractivity contribution in [3.05, 3.63) is 47.5 Å². The van der Waals surface area contributed by atoms with E-state index in [2.05, 4.69) is 10.3 Å². The number of carbonyl (C=O) groups excluding carboxylic acids is 1. The molecule has 4 rings (SSSR count). The molecule has 1 unspecified atom stereocenters. The minimum Gasteiger partial charge on any atom is -0.376 e. The lowest BCUT2D eigenvalue weighted by Gasteiger charge is -2.33. The second kappa shape index (κ2) is 8.17. The van der Waals surface area contributed by atoms with Crippen molar-refractivity contribution >= 4 is 5.91 Å². The lowest BCUT2D eigenvalue weighted by molar-refractivity contribution is 0.0443. The number of halogens is 1. The van der Waals surface area contributed by atoms with Crippen LogP contribution in [0.15, 0.2) is 30.5 Å². The monoisotopic (exact) mass is 372 g/mol. The fourth-order valence-electron chi connectivity index (χ4n) is 3.67. The molecule has 6 nitrogen and oxygen atoms in total. The number of benzene rings is 1. The van der Waals surface area contributed by atoms with Crippen molar-refractivity contribution in [3.8, 4) is 0 Å². The summed E-state index contributed by atoms with van der Waals surface area (Å²) in [4.78, 5) is 14.9. The molecule has 1 saturated carbocycles. The third-order valence-electron chi connectivity index (χ3n) is 5.45. The SMILES string of the molecule is O=C(c1cn(Cc2ccc(F)cc2)nn1)N(CC1CCC1)CC1CCCO1. The van der Waals surface area contributed by atoms with Crippen LogP contribution < -0.4 is 0 Å². The molecule has 7 heteroatoms. The molecule has 0 radical (unpaired) electrons. The van der Waals surface area contributed by atoms with Crippen LogP contribution in [-0.4, -0.2) is 51.6 Å². The summed E-state index contributed by atoms with van der Waals surface area (Å²) in [6.45, 7) is 2.63. The van der Waals surface area contributed by atoms with Crippen molar-refractivity contribution in [1.82, 2.24) is 19.9 Å². The number of rotatable bonds is 7. The van der Waals surface area contributed by atoms with Crippen LogP contribution >= 0.6 is 0 Å². The summed E-state index contributed by atoms with van der Waals surface area (Å²) >= 11 is 0. The number of ether oxygens (including phenoxy) is 1. The fraction of sp³-hybridized carbons (Fsp3) is 0.550. The fourth-order valence-corrected chi connectivity index (χ4v) is 3.67. The van der Waals surface area contributed by atoms with Gasteiger partial charge in [0.1, 0.15) is 5.82 Å². The Morgan fingerprint density at radius 2 is 2.00 bits per heavy atom. The Kier molecular flexibility index (Phi) is 5.48. The molecule has 1 aromatic carbocycles. The van der Waals surface area contributed by atoms with Gasteiger partial charge in [-0.2, -0.15) is 0 Å². The number of amides is 1. The molecular weight excluding hydrogens is 347 g/mol. The molecule has 2 aromatic rings. The normalized spacial score (nSPS) is 19.8. The molecule has 2 fully saturated rings. The topological polar surface area (TPSA) is 60.2 Å². The van der Waals surface area contributed by atoms with E-state index in [-0.39, 0.29) is 17.8 Å². The average Bonchev–Trinajstić information content (AvgIpc) is 3.30. The van der Waals surface area contributed by atoms with Crippen molar-refractivity contribution in [1.29, 1.82) is 0 Å². The first-order valence-corrected chi connectivity index (χ1v) is 9.73. The Bertz CT molecular complexity index is 767. The number of carbonyl (C=O) groups is 1. The summed E-state index contributed by atoms with van der Waals surface area (Å²) in [7, 11) is 0. The van der Waals surface area contributed by atoms with E-state index in [4.69, 9.17) is 4.74 Å². The maximum Gasteiger partial charge on any atom is 0.276 e. The van der Waals surface area contributed by atoms with Gasteiger partial charge in [-0.1, -0.05) is 23.8 Å². The Labute approximate surface area is 158 Å². The van der Waals surface area contributed by atoms with Gasteiger partial charge in [0.25, 0.3) is 5.91 Å². The van der Waals surface area contributed by atoms with Gasteiger partial charge in [0.05, 0.1) is 18.8 Å². The minimum absolute atomic E-state index is 0.0808. The van der Waals surface area contributed by atoms with Gasteiger partial charge in [0.15, 0.2) is 5.69 Å². The summed E-state index contributed by atoms with van der Waals surface area (Å²) in [5.74, 6) is 0.237. The van der Waals surface area contributed by atoms with E-state index >= 15 is 0 Å². The van der Waals surface area contributed by atoms with Crippen molar-refractivity contribution < 1.29 is 13.9 Å². The van der Waals surface area contributed by atoms with Gasteiger partial charge in [-0.3, -0.25) is 4.79 Å². The van der Waals surface area contributed by atoms with Crippen LogP contribution in [0.4, 0.5) is 4.39 Å². The van der Waals surface area contributed by atoms with Crippen molar-refractivity contribution in [3.63, 3.8) is 0 Å². The van der Waals surface area contributed by atoms with Crippen LogP contribution in [0.3, 0.4) is 0 Å². The predicted molar refractivity (Wildman–Crippen MR) is 97.7 cm³/mol. The van der Waals surface area contributed by atoms with Crippen LogP contribution in [0, 0.1) is 11.7 Å². The second-order valence-corrected chi connectivity index (χ2v) is 7.57. The molecule has 0 bridgehead atoms. The lowest BCUT2D eigenvalue weighted by Crippen LogP contribution is -2.42. The molecule has 1 aliphatic heterocycles. The zero-order valence-electron chi connectivity index (χ0n) is 15.4. The average molecular weight is 372 g/mol. The maximum atomic E-state index is 13.0. The van der Waals surface area contributed by atoms with Crippen LogP contribution in [0.1, 0.15) is 48.2 Å². The van der Waals surface area contributed by atoms with Gasteiger partial charge in [-0.15, -0.1) is 5.10 Å². The highest BCUT2D eigenvalue weighted by Crippen LogP contribution is 2.28. The highest BCUT2D eigenvalue weighted by Gasteiger charge is 2.29. The van der Waals surface area contributed by atoms with Gasteiger partial charge < -0.3 is 9.64 Å². The standard InChI is InChI=1S/C20H25FN4O2/c21-17-8-6-16(7-9-17)12-25-14-19(22-23-25)20(26)24(11-15-3-1-4-15)13-18-5-2-10-27-18/h6-9,14-15,18H,1-5,10-13H2. The lowest BCUT2D eigenvalue weighted by atomic mass is 9.85. The smallest absolute Gasteiger partial charge is 0.276 e. The van der Waals surface area contributed by atoms with Crippen LogP contribution in [-0.2, 0) is 11.3 Å². The van der Waals surface area contributed by atoms with Gasteiger partial charge in [-0.25, -0.2) is 9.07 Å². The van der Waals surface area contributed by atoms with E-state index in [9.17, 15) is 9.18 Å². The predicted octanol–water partition coefficient (Wildman–Crippen LogP) is 2.89. The van der Waals surface area contributed by atoms with Gasteiger partial charge in [-0.05, 0) is 49.3 Å². The summed E-state index contributed by atoms with van der Waals surface area (Å²) in [6, 6.07) is 6.25. The molecular formula is C20H25FN4O2. The quantitative estimate of drug-likeness (QED) is 0.750. The summed E-state index contributed by atoms with van der Waals surface area (Å²) in [5, 5.41) is 8.16. The van der Waals surface area contributed by atoms with E-state index in [0.29, 0.717) is 24.7 Å². The zero-order chi connectivity index (χ0) is 18.6. The molecule has 0 N–H and O–H groups in total. The Balaban J connectivity index is 1.43. The van der Waals surface area contributed by atoms with Crippen LogP contribution in [0.2, 0.25) is 0 Å². The highest BCUT2D eigenvalue weighted by molar-refractivity contribution is 5.92. The third-order valence-corrected chi connectivity index (χ3v) is 5.45. The molecule has 1 saturated heterocycles. The molecule has 1 amide bonds. The van der Waals surface area contributed by atoms with E-state index in [1.54, 1.807) is 23.0 Å². The number of hydrogen-bond donors (Lipinski definition) is 0. The van der Waals surface area contributed by atoms with E-state index in [0.717, 1.165) is 31.6 Å². The Morgan fingerprint density at radius 1 is 1.19 bits per heavy atom. The first kappa shape index (κ1) is 18.1. The zero-order valence-corrected chi connectivity index (χ0v) is 15.4. The largest absolute Gasteiger partial charge is 0.376 e. The van der Waals surface area contributed by atoms with Gasteiger partial charge >= 0.3 is 0 Å². The maximum absolute atomic E-state index is 13.0. The number of hydrogen-bond acceptors (Lipinski definition) is 4. The van der Waals surface area contributed by atoms with Crippen molar-refractivity contribution in [2.75, 3.05) is 19.7 Å². The molecule has 1 aliphatic carbocycles. The first-order valence-electron chi connectivity index (χ1n) is 9.73. The first-order chi connectivity index (χ1) is 13.2. The molecule has 27 heavy (non-hydrogen) atoms. The molecule has 2 aliphatic rings. The summed E-state index contributed by atoms with van der Waals surface area (Å²) in [5.41, 5.74) is 1.26. The Morgan fingerprint density at radius 3 is 2.67 bits per heavy atom. The van der Waals surface area contributed by atoms with Gasteiger partial charge in [0, 0.05) is 19.7 Å².